The number of hydrogen-bond acceptors (Lipinski definition) is 4. The van der Waals surface area contributed by atoms with Gasteiger partial charge in [0.2, 0.25) is 0 Å². The van der Waals surface area contributed by atoms with Gasteiger partial charge in [-0.05, 0) is 65.6 Å². The van der Waals surface area contributed by atoms with Gasteiger partial charge >= 0.3 is 5.97 Å². The number of thioether (sulfide) groups is 1. The third-order valence-corrected chi connectivity index (χ3v) is 5.62. The highest BCUT2D eigenvalue weighted by molar-refractivity contribution is 8.18. The molecule has 1 fully saturated rings. The van der Waals surface area contributed by atoms with Crippen molar-refractivity contribution in [1.82, 2.24) is 4.90 Å². The molecule has 0 aromatic heterocycles. The summed E-state index contributed by atoms with van der Waals surface area (Å²) >= 11 is 1.33. The van der Waals surface area contributed by atoms with Crippen LogP contribution in [0.4, 0.5) is 5.69 Å². The molecule has 5 nitrogen and oxygen atoms in total. The van der Waals surface area contributed by atoms with E-state index in [-0.39, 0.29) is 16.9 Å². The van der Waals surface area contributed by atoms with E-state index in [1.54, 1.807) is 17.0 Å². The number of hydrogen-bond donors (Lipinski definition) is 1. The van der Waals surface area contributed by atoms with Crippen molar-refractivity contribution in [2.75, 3.05) is 6.54 Å². The largest absolute Gasteiger partial charge is 0.478 e. The van der Waals surface area contributed by atoms with Crippen LogP contribution >= 0.6 is 11.8 Å². The summed E-state index contributed by atoms with van der Waals surface area (Å²) < 4.78 is 0. The number of benzene rings is 2. The monoisotopic (exact) mass is 408 g/mol. The summed E-state index contributed by atoms with van der Waals surface area (Å²) in [4.78, 5) is 30.6. The fourth-order valence-corrected chi connectivity index (χ4v) is 3.95. The van der Waals surface area contributed by atoms with Crippen molar-refractivity contribution in [2.24, 2.45) is 4.99 Å². The molecule has 0 radical (unpaired) electrons. The molecule has 1 N–H and O–H groups in total. The van der Waals surface area contributed by atoms with Crippen molar-refractivity contribution in [3.8, 4) is 0 Å². The molecule has 2 aromatic carbocycles. The lowest BCUT2D eigenvalue weighted by Gasteiger charge is -2.18. The number of nitrogens with zero attached hydrogens (tertiary/aromatic N) is 2. The summed E-state index contributed by atoms with van der Waals surface area (Å²) in [6.45, 7) is 8.92. The number of amides is 1. The second-order valence-electron chi connectivity index (χ2n) is 7.78. The maximum atomic E-state index is 12.8. The Hall–Kier alpha value is -2.86. The Kier molecular flexibility index (Phi) is 5.94. The molecule has 1 amide bonds. The summed E-state index contributed by atoms with van der Waals surface area (Å²) in [6.07, 6.45) is 1.89. The summed E-state index contributed by atoms with van der Waals surface area (Å²) in [5.74, 6) is -1.05. The van der Waals surface area contributed by atoms with Gasteiger partial charge in [-0.1, -0.05) is 45.0 Å². The van der Waals surface area contributed by atoms with Crippen molar-refractivity contribution in [1.29, 1.82) is 0 Å². The van der Waals surface area contributed by atoms with Gasteiger partial charge in [-0.3, -0.25) is 9.69 Å². The summed E-state index contributed by atoms with van der Waals surface area (Å²) in [5.41, 5.74) is 3.11. The highest BCUT2D eigenvalue weighted by Crippen LogP contribution is 2.34. The number of carboxylic acids is 1. The van der Waals surface area contributed by atoms with E-state index in [2.05, 4.69) is 37.9 Å². The molecule has 1 aliphatic heterocycles. The number of amidine groups is 1. The van der Waals surface area contributed by atoms with Crippen molar-refractivity contribution < 1.29 is 14.7 Å². The van der Waals surface area contributed by atoms with Crippen molar-refractivity contribution in [2.45, 2.75) is 33.1 Å². The van der Waals surface area contributed by atoms with Crippen LogP contribution in [-0.4, -0.2) is 33.6 Å². The molecule has 1 heterocycles. The van der Waals surface area contributed by atoms with Crippen molar-refractivity contribution in [3.05, 3.63) is 70.1 Å². The standard InChI is InChI=1S/C23H24N2O3S/c1-5-25-20(26)19(14-15-6-10-17(11-7-15)23(2,3)4)29-22(25)24-18-12-8-16(9-13-18)21(27)28/h6-14H,5H2,1-4H3,(H,27,28)/b19-14+,24-22?. The van der Waals surface area contributed by atoms with E-state index in [1.807, 2.05) is 25.1 Å². The minimum atomic E-state index is -0.979. The zero-order valence-corrected chi connectivity index (χ0v) is 17.8. The number of aliphatic imine (C=N–C) groups is 1. The molecule has 0 atom stereocenters. The second-order valence-corrected chi connectivity index (χ2v) is 8.79. The van der Waals surface area contributed by atoms with Crippen LogP contribution in [0.1, 0.15) is 49.2 Å². The van der Waals surface area contributed by atoms with Crippen molar-refractivity contribution in [3.63, 3.8) is 0 Å². The first-order valence-electron chi connectivity index (χ1n) is 9.43. The quantitative estimate of drug-likeness (QED) is 0.697. The normalized spacial score (nSPS) is 17.4. The van der Waals surface area contributed by atoms with Gasteiger partial charge in [0.1, 0.15) is 0 Å². The molecule has 1 aliphatic rings. The van der Waals surface area contributed by atoms with Gasteiger partial charge in [-0.25, -0.2) is 9.79 Å². The molecule has 0 saturated carbocycles. The van der Waals surface area contributed by atoms with Gasteiger partial charge in [0, 0.05) is 6.54 Å². The second kappa shape index (κ2) is 8.25. The van der Waals surface area contributed by atoms with Crippen LogP contribution in [0.2, 0.25) is 0 Å². The molecule has 0 unspecified atom stereocenters. The first-order valence-corrected chi connectivity index (χ1v) is 10.2. The van der Waals surface area contributed by atoms with E-state index in [0.717, 1.165) is 5.56 Å². The minimum Gasteiger partial charge on any atom is -0.478 e. The predicted octanol–water partition coefficient (Wildman–Crippen LogP) is 5.31. The molecule has 29 heavy (non-hydrogen) atoms. The molecule has 1 saturated heterocycles. The first-order chi connectivity index (χ1) is 13.7. The minimum absolute atomic E-state index is 0.0710. The van der Waals surface area contributed by atoms with Gasteiger partial charge in [0.05, 0.1) is 16.2 Å². The lowest BCUT2D eigenvalue weighted by Crippen LogP contribution is -2.28. The van der Waals surface area contributed by atoms with Gasteiger partial charge in [-0.2, -0.15) is 0 Å². The third kappa shape index (κ3) is 4.77. The van der Waals surface area contributed by atoms with Crippen LogP contribution in [0.15, 0.2) is 58.4 Å². The Morgan fingerprint density at radius 1 is 1.10 bits per heavy atom. The molecular formula is C23H24N2O3S. The topological polar surface area (TPSA) is 70.0 Å². The van der Waals surface area contributed by atoms with Crippen LogP contribution in [0.25, 0.3) is 6.08 Å². The average molecular weight is 409 g/mol. The van der Waals surface area contributed by atoms with Gasteiger partial charge in [0.15, 0.2) is 5.17 Å². The predicted molar refractivity (Wildman–Crippen MR) is 119 cm³/mol. The van der Waals surface area contributed by atoms with E-state index < -0.39 is 5.97 Å². The number of likely N-dealkylation sites (N-methyl/N-ethyl adjacent to an activating group) is 1. The fraction of sp³-hybridized carbons (Fsp3) is 0.261. The smallest absolute Gasteiger partial charge is 0.335 e. The van der Waals surface area contributed by atoms with E-state index in [1.165, 1.54) is 29.5 Å². The maximum Gasteiger partial charge on any atom is 0.335 e. The molecular weight excluding hydrogens is 384 g/mol. The Bertz CT molecular complexity index is 984. The number of aromatic carboxylic acids is 1. The summed E-state index contributed by atoms with van der Waals surface area (Å²) in [7, 11) is 0. The Labute approximate surface area is 175 Å². The Balaban J connectivity index is 1.86. The van der Waals surface area contributed by atoms with E-state index >= 15 is 0 Å². The van der Waals surface area contributed by atoms with E-state index in [0.29, 0.717) is 22.3 Å². The third-order valence-electron chi connectivity index (χ3n) is 4.62. The lowest BCUT2D eigenvalue weighted by atomic mass is 9.87. The van der Waals surface area contributed by atoms with Crippen LogP contribution in [-0.2, 0) is 10.2 Å². The van der Waals surface area contributed by atoms with Crippen LogP contribution in [0.3, 0.4) is 0 Å². The maximum absolute atomic E-state index is 12.8. The molecule has 0 bridgehead atoms. The molecule has 2 aromatic rings. The summed E-state index contributed by atoms with van der Waals surface area (Å²) in [5, 5.41) is 9.61. The number of carbonyl (C=O) groups is 2. The molecule has 6 heteroatoms. The van der Waals surface area contributed by atoms with E-state index in [9.17, 15) is 9.59 Å². The SMILES string of the molecule is CCN1C(=O)/C(=C\c2ccc(C(C)(C)C)cc2)SC1=Nc1ccc(C(=O)O)cc1. The first kappa shape index (κ1) is 20.9. The molecule has 150 valence electrons. The zero-order valence-electron chi connectivity index (χ0n) is 17.0. The zero-order chi connectivity index (χ0) is 21.2. The van der Waals surface area contributed by atoms with Gasteiger partial charge < -0.3 is 5.11 Å². The number of carbonyl (C=O) groups excluding carboxylic acids is 1. The van der Waals surface area contributed by atoms with Crippen LogP contribution in [0.5, 0.6) is 0 Å². The van der Waals surface area contributed by atoms with Crippen LogP contribution in [0, 0.1) is 0 Å². The molecule has 0 aliphatic carbocycles. The summed E-state index contributed by atoms with van der Waals surface area (Å²) in [6, 6.07) is 14.5. The van der Waals surface area contributed by atoms with Crippen molar-refractivity contribution >= 4 is 40.6 Å². The number of carboxylic acid groups (broad SMARTS) is 1. The highest BCUT2D eigenvalue weighted by Gasteiger charge is 2.32. The highest BCUT2D eigenvalue weighted by atomic mass is 32.2. The van der Waals surface area contributed by atoms with E-state index in [4.69, 9.17) is 5.11 Å². The molecule has 0 spiro atoms. The molecule has 3 rings (SSSR count). The number of rotatable bonds is 4. The Morgan fingerprint density at radius 2 is 1.72 bits per heavy atom. The van der Waals surface area contributed by atoms with Gasteiger partial charge in [0.25, 0.3) is 5.91 Å². The van der Waals surface area contributed by atoms with Gasteiger partial charge in [-0.15, -0.1) is 0 Å². The van der Waals surface area contributed by atoms with Crippen LogP contribution < -0.4 is 0 Å². The lowest BCUT2D eigenvalue weighted by molar-refractivity contribution is -0.122. The average Bonchev–Trinajstić information content (AvgIpc) is 2.96. The fourth-order valence-electron chi connectivity index (χ4n) is 2.89. The Morgan fingerprint density at radius 3 is 2.24 bits per heavy atom.